The van der Waals surface area contributed by atoms with Gasteiger partial charge in [0, 0.05) is 18.3 Å². The molecule has 32 heavy (non-hydrogen) atoms. The highest BCUT2D eigenvalue weighted by Gasteiger charge is 2.01. The van der Waals surface area contributed by atoms with Gasteiger partial charge in [0.1, 0.15) is 37.1 Å². The maximum absolute atomic E-state index is 5.92. The molecule has 0 aromatic heterocycles. The molecule has 162 valence electrons. The number of hydrogen-bond acceptors (Lipinski definition) is 4. The van der Waals surface area contributed by atoms with Crippen molar-refractivity contribution in [2.45, 2.75) is 13.2 Å². The molecule has 0 unspecified atom stereocenters. The van der Waals surface area contributed by atoms with Crippen molar-refractivity contribution in [3.05, 3.63) is 120 Å². The zero-order chi connectivity index (χ0) is 21.8. The molecule has 0 bridgehead atoms. The first-order valence-electron chi connectivity index (χ1n) is 10.8. The largest absolute Gasteiger partial charge is 0.490 e. The first-order valence-corrected chi connectivity index (χ1v) is 10.8. The van der Waals surface area contributed by atoms with Crippen LogP contribution in [0.1, 0.15) is 11.1 Å². The van der Waals surface area contributed by atoms with E-state index in [-0.39, 0.29) is 0 Å². The molecule has 0 aliphatic rings. The van der Waals surface area contributed by atoms with E-state index in [1.54, 1.807) is 0 Å². The van der Waals surface area contributed by atoms with E-state index in [9.17, 15) is 0 Å². The van der Waals surface area contributed by atoms with Crippen LogP contribution in [0.5, 0.6) is 17.2 Å². The molecule has 0 aliphatic carbocycles. The predicted octanol–water partition coefficient (Wildman–Crippen LogP) is 6.34. The SMILES string of the molecule is c1ccc(COc2cccc(NCc3cccc(OCCOc4ccccc4)c3)c2)cc1. The molecule has 0 amide bonds. The Balaban J connectivity index is 1.24. The van der Waals surface area contributed by atoms with Crippen molar-refractivity contribution in [2.24, 2.45) is 0 Å². The summed E-state index contributed by atoms with van der Waals surface area (Å²) in [4.78, 5) is 0. The first kappa shape index (κ1) is 21.3. The summed E-state index contributed by atoms with van der Waals surface area (Å²) in [7, 11) is 0. The highest BCUT2D eigenvalue weighted by atomic mass is 16.5. The van der Waals surface area contributed by atoms with Crippen LogP contribution in [0, 0.1) is 0 Å². The van der Waals surface area contributed by atoms with Gasteiger partial charge in [0.25, 0.3) is 0 Å². The molecule has 0 radical (unpaired) electrons. The van der Waals surface area contributed by atoms with E-state index in [0.29, 0.717) is 26.4 Å². The molecule has 0 heterocycles. The normalized spacial score (nSPS) is 10.4. The fraction of sp³-hybridized carbons (Fsp3) is 0.143. The van der Waals surface area contributed by atoms with Gasteiger partial charge < -0.3 is 19.5 Å². The molecule has 0 saturated heterocycles. The Morgan fingerprint density at radius 1 is 0.500 bits per heavy atom. The van der Waals surface area contributed by atoms with Crippen LogP contribution in [0.25, 0.3) is 0 Å². The Labute approximate surface area is 189 Å². The van der Waals surface area contributed by atoms with Crippen molar-refractivity contribution in [1.29, 1.82) is 0 Å². The number of nitrogens with one attached hydrogen (secondary N) is 1. The van der Waals surface area contributed by atoms with Crippen molar-refractivity contribution in [2.75, 3.05) is 18.5 Å². The zero-order valence-electron chi connectivity index (χ0n) is 17.9. The predicted molar refractivity (Wildman–Crippen MR) is 128 cm³/mol. The van der Waals surface area contributed by atoms with Gasteiger partial charge in [-0.15, -0.1) is 0 Å². The molecule has 4 heteroatoms. The topological polar surface area (TPSA) is 39.7 Å². The summed E-state index contributed by atoms with van der Waals surface area (Å²) in [6, 6.07) is 36.0. The minimum atomic E-state index is 0.493. The molecular formula is C28H27NO3. The number of anilines is 1. The van der Waals surface area contributed by atoms with Gasteiger partial charge in [-0.25, -0.2) is 0 Å². The molecule has 0 aliphatic heterocycles. The van der Waals surface area contributed by atoms with Gasteiger partial charge in [-0.1, -0.05) is 66.7 Å². The molecule has 1 N–H and O–H groups in total. The Hall–Kier alpha value is -3.92. The quantitative estimate of drug-likeness (QED) is 0.285. The number of para-hydroxylation sites is 1. The molecular weight excluding hydrogens is 398 g/mol. The van der Waals surface area contributed by atoms with Gasteiger partial charge in [0.15, 0.2) is 0 Å². The summed E-state index contributed by atoms with van der Waals surface area (Å²) in [5, 5.41) is 3.46. The lowest BCUT2D eigenvalue weighted by Crippen LogP contribution is -2.09. The highest BCUT2D eigenvalue weighted by molar-refractivity contribution is 5.49. The summed E-state index contributed by atoms with van der Waals surface area (Å²) in [5.74, 6) is 2.53. The van der Waals surface area contributed by atoms with Gasteiger partial charge in [-0.3, -0.25) is 0 Å². The third kappa shape index (κ3) is 6.81. The van der Waals surface area contributed by atoms with E-state index in [2.05, 4.69) is 23.5 Å². The standard InChI is InChI=1S/C28H27NO3/c1-3-9-23(10-4-1)22-32-28-16-8-12-25(20-28)29-21-24-11-7-15-27(19-24)31-18-17-30-26-13-5-2-6-14-26/h1-16,19-20,29H,17-18,21-22H2. The molecule has 0 saturated carbocycles. The van der Waals surface area contributed by atoms with Crippen LogP contribution >= 0.6 is 0 Å². The monoisotopic (exact) mass is 425 g/mol. The van der Waals surface area contributed by atoms with Gasteiger partial charge in [-0.05, 0) is 47.5 Å². The third-order valence-electron chi connectivity index (χ3n) is 4.84. The highest BCUT2D eigenvalue weighted by Crippen LogP contribution is 2.20. The lowest BCUT2D eigenvalue weighted by atomic mass is 10.2. The van der Waals surface area contributed by atoms with Gasteiger partial charge >= 0.3 is 0 Å². The van der Waals surface area contributed by atoms with Crippen LogP contribution in [0.15, 0.2) is 109 Å². The minimum absolute atomic E-state index is 0.493. The number of benzene rings is 4. The fourth-order valence-corrected chi connectivity index (χ4v) is 3.22. The van der Waals surface area contributed by atoms with E-state index >= 15 is 0 Å². The van der Waals surface area contributed by atoms with Crippen molar-refractivity contribution < 1.29 is 14.2 Å². The second kappa shape index (κ2) is 11.5. The second-order valence-corrected chi connectivity index (χ2v) is 7.31. The Morgan fingerprint density at radius 2 is 1.09 bits per heavy atom. The Bertz CT molecular complexity index is 1080. The molecule has 4 aromatic carbocycles. The smallest absolute Gasteiger partial charge is 0.122 e. The van der Waals surface area contributed by atoms with Gasteiger partial charge in [0.2, 0.25) is 0 Å². The van der Waals surface area contributed by atoms with Gasteiger partial charge in [0.05, 0.1) is 0 Å². The van der Waals surface area contributed by atoms with Crippen LogP contribution in [0.3, 0.4) is 0 Å². The van der Waals surface area contributed by atoms with E-state index in [1.165, 1.54) is 0 Å². The number of ether oxygens (including phenoxy) is 3. The van der Waals surface area contributed by atoms with Crippen LogP contribution in [0.4, 0.5) is 5.69 Å². The average Bonchev–Trinajstić information content (AvgIpc) is 2.86. The summed E-state index contributed by atoms with van der Waals surface area (Å²) in [5.41, 5.74) is 3.30. The van der Waals surface area contributed by atoms with E-state index in [1.807, 2.05) is 91.0 Å². The fourth-order valence-electron chi connectivity index (χ4n) is 3.22. The van der Waals surface area contributed by atoms with Crippen LogP contribution in [-0.4, -0.2) is 13.2 Å². The van der Waals surface area contributed by atoms with E-state index in [4.69, 9.17) is 14.2 Å². The molecule has 4 aromatic rings. The van der Waals surface area contributed by atoms with Crippen LogP contribution in [-0.2, 0) is 13.2 Å². The zero-order valence-corrected chi connectivity index (χ0v) is 17.9. The van der Waals surface area contributed by atoms with Crippen molar-refractivity contribution >= 4 is 5.69 Å². The molecule has 4 nitrogen and oxygen atoms in total. The summed E-state index contributed by atoms with van der Waals surface area (Å²) in [6.45, 7) is 2.24. The van der Waals surface area contributed by atoms with Crippen LogP contribution in [0.2, 0.25) is 0 Å². The lowest BCUT2D eigenvalue weighted by molar-refractivity contribution is 0.217. The molecule has 0 spiro atoms. The summed E-state index contributed by atoms with van der Waals surface area (Å²) < 4.78 is 17.4. The second-order valence-electron chi connectivity index (χ2n) is 7.31. The number of rotatable bonds is 11. The Morgan fingerprint density at radius 3 is 1.88 bits per heavy atom. The number of hydrogen-bond donors (Lipinski definition) is 1. The van der Waals surface area contributed by atoms with Gasteiger partial charge in [-0.2, -0.15) is 0 Å². The molecule has 0 fully saturated rings. The third-order valence-corrected chi connectivity index (χ3v) is 4.84. The summed E-state index contributed by atoms with van der Waals surface area (Å²) in [6.07, 6.45) is 0. The first-order chi connectivity index (χ1) is 15.8. The average molecular weight is 426 g/mol. The summed E-state index contributed by atoms with van der Waals surface area (Å²) >= 11 is 0. The van der Waals surface area contributed by atoms with Crippen LogP contribution < -0.4 is 19.5 Å². The van der Waals surface area contributed by atoms with E-state index in [0.717, 1.165) is 34.1 Å². The lowest BCUT2D eigenvalue weighted by Gasteiger charge is -2.12. The van der Waals surface area contributed by atoms with E-state index < -0.39 is 0 Å². The molecule has 0 atom stereocenters. The van der Waals surface area contributed by atoms with Crippen molar-refractivity contribution in [3.8, 4) is 17.2 Å². The minimum Gasteiger partial charge on any atom is -0.490 e. The van der Waals surface area contributed by atoms with Crippen molar-refractivity contribution in [3.63, 3.8) is 0 Å². The maximum Gasteiger partial charge on any atom is 0.122 e. The van der Waals surface area contributed by atoms with Crippen molar-refractivity contribution in [1.82, 2.24) is 0 Å². The Kier molecular flexibility index (Phi) is 7.64. The molecule has 4 rings (SSSR count). The maximum atomic E-state index is 5.92.